The Labute approximate surface area is 231 Å². The molecule has 0 aliphatic carbocycles. The van der Waals surface area contributed by atoms with E-state index in [9.17, 15) is 0 Å². The van der Waals surface area contributed by atoms with Crippen molar-refractivity contribution in [1.82, 2.24) is 0 Å². The standard InChI is InChI=1S/C34H64P2/c1-5-9-13-17-23-29-35(30-24-18-14-10-6-2)33-27-21-22-28-34(33)36(31-25-19-15-11-7-3)32-26-20-16-12-8-4/h21-22,27-28H,5-20,23-26,29-32H2,1-4H3. The second-order valence-electron chi connectivity index (χ2n) is 11.1. The van der Waals surface area contributed by atoms with Gasteiger partial charge in [0.25, 0.3) is 0 Å². The van der Waals surface area contributed by atoms with Gasteiger partial charge < -0.3 is 0 Å². The van der Waals surface area contributed by atoms with Crippen molar-refractivity contribution in [3.8, 4) is 0 Å². The molecule has 0 spiro atoms. The Morgan fingerprint density at radius 3 is 0.861 bits per heavy atom. The van der Waals surface area contributed by atoms with Gasteiger partial charge in [0, 0.05) is 0 Å². The van der Waals surface area contributed by atoms with E-state index in [1.165, 1.54) is 153 Å². The summed E-state index contributed by atoms with van der Waals surface area (Å²) in [4.78, 5) is 0. The van der Waals surface area contributed by atoms with Gasteiger partial charge in [-0.1, -0.05) is 171 Å². The van der Waals surface area contributed by atoms with Crippen molar-refractivity contribution in [3.05, 3.63) is 24.3 Å². The van der Waals surface area contributed by atoms with E-state index >= 15 is 0 Å². The Kier molecular flexibility index (Phi) is 24.0. The summed E-state index contributed by atoms with van der Waals surface area (Å²) in [5.74, 6) is 0. The lowest BCUT2D eigenvalue weighted by Crippen LogP contribution is -2.25. The predicted molar refractivity (Wildman–Crippen MR) is 174 cm³/mol. The van der Waals surface area contributed by atoms with E-state index in [0.717, 1.165) is 0 Å². The lowest BCUT2D eigenvalue weighted by molar-refractivity contribution is 0.652. The third kappa shape index (κ3) is 16.8. The zero-order valence-corrected chi connectivity index (χ0v) is 27.0. The third-order valence-corrected chi connectivity index (χ3v) is 13.4. The first-order valence-electron chi connectivity index (χ1n) is 16.4. The number of hydrogen-bond acceptors (Lipinski definition) is 0. The van der Waals surface area contributed by atoms with E-state index in [2.05, 4.69) is 52.0 Å². The summed E-state index contributed by atoms with van der Waals surface area (Å²) < 4.78 is 0. The van der Waals surface area contributed by atoms with Crippen LogP contribution in [0.5, 0.6) is 0 Å². The number of rotatable bonds is 26. The molecule has 0 amide bonds. The molecule has 36 heavy (non-hydrogen) atoms. The van der Waals surface area contributed by atoms with E-state index in [4.69, 9.17) is 0 Å². The van der Waals surface area contributed by atoms with Gasteiger partial charge in [-0.2, -0.15) is 0 Å². The Morgan fingerprint density at radius 1 is 0.361 bits per heavy atom. The van der Waals surface area contributed by atoms with E-state index in [0.29, 0.717) is 0 Å². The van der Waals surface area contributed by atoms with Crippen molar-refractivity contribution in [2.24, 2.45) is 0 Å². The summed E-state index contributed by atoms with van der Waals surface area (Å²) >= 11 is 0. The van der Waals surface area contributed by atoms with Gasteiger partial charge in [-0.05, 0) is 60.9 Å². The molecule has 0 aliphatic heterocycles. The lowest BCUT2D eigenvalue weighted by Gasteiger charge is -2.27. The largest absolute Gasteiger partial charge is 0.0746 e. The molecule has 0 radical (unpaired) electrons. The molecule has 0 heterocycles. The maximum Gasteiger partial charge on any atom is -0.0164 e. The van der Waals surface area contributed by atoms with Gasteiger partial charge in [0.05, 0.1) is 0 Å². The number of unbranched alkanes of at least 4 members (excludes halogenated alkanes) is 16. The van der Waals surface area contributed by atoms with E-state index in [1.807, 2.05) is 10.6 Å². The fraction of sp³-hybridized carbons (Fsp3) is 0.824. The van der Waals surface area contributed by atoms with Gasteiger partial charge in [-0.3, -0.25) is 0 Å². The van der Waals surface area contributed by atoms with Crippen molar-refractivity contribution in [2.75, 3.05) is 24.6 Å². The molecule has 0 saturated carbocycles. The molecule has 0 unspecified atom stereocenters. The quantitative estimate of drug-likeness (QED) is 0.0819. The normalized spacial score (nSPS) is 11.7. The van der Waals surface area contributed by atoms with Gasteiger partial charge in [0.15, 0.2) is 0 Å². The maximum atomic E-state index is 2.59. The summed E-state index contributed by atoms with van der Waals surface area (Å²) in [7, 11) is 0.0335. The predicted octanol–water partition coefficient (Wildman–Crippen LogP) is 11.8. The van der Waals surface area contributed by atoms with Crippen LogP contribution in [0.2, 0.25) is 0 Å². The third-order valence-electron chi connectivity index (χ3n) is 7.69. The average molecular weight is 535 g/mol. The number of hydrogen-bond donors (Lipinski definition) is 0. The highest BCUT2D eigenvalue weighted by Gasteiger charge is 2.20. The molecule has 1 aromatic carbocycles. The first kappa shape index (κ1) is 34.1. The Bertz CT molecular complexity index is 505. The van der Waals surface area contributed by atoms with Crippen LogP contribution in [0.1, 0.15) is 156 Å². The SMILES string of the molecule is CCCCCCCP(CCCCCCC)c1ccccc1P(CCCCCCC)CCCCCCC. The van der Waals surface area contributed by atoms with Crippen LogP contribution in [0.3, 0.4) is 0 Å². The minimum atomic E-state index is 0.0167. The van der Waals surface area contributed by atoms with Crippen LogP contribution < -0.4 is 10.6 Å². The molecule has 0 saturated heterocycles. The molecule has 0 atom stereocenters. The molecule has 2 heteroatoms. The highest BCUT2D eigenvalue weighted by atomic mass is 31.1. The smallest absolute Gasteiger partial charge is 0.0164 e. The lowest BCUT2D eigenvalue weighted by atomic mass is 10.2. The first-order valence-corrected chi connectivity index (χ1v) is 19.8. The zero-order chi connectivity index (χ0) is 26.1. The molecule has 0 aromatic heterocycles. The van der Waals surface area contributed by atoms with Crippen LogP contribution in [-0.4, -0.2) is 24.6 Å². The number of benzene rings is 1. The van der Waals surface area contributed by atoms with Crippen LogP contribution in [-0.2, 0) is 0 Å². The van der Waals surface area contributed by atoms with E-state index < -0.39 is 0 Å². The summed E-state index contributed by atoms with van der Waals surface area (Å²) in [6.45, 7) is 9.36. The fourth-order valence-electron chi connectivity index (χ4n) is 5.33. The van der Waals surface area contributed by atoms with Gasteiger partial charge in [-0.25, -0.2) is 0 Å². The van der Waals surface area contributed by atoms with Gasteiger partial charge >= 0.3 is 0 Å². The zero-order valence-electron chi connectivity index (χ0n) is 25.2. The molecule has 0 aliphatic rings. The van der Waals surface area contributed by atoms with Crippen molar-refractivity contribution >= 4 is 26.5 Å². The maximum absolute atomic E-state index is 2.59. The topological polar surface area (TPSA) is 0 Å². The Balaban J connectivity index is 2.92. The Hall–Kier alpha value is 0.0800. The molecule has 210 valence electrons. The molecule has 0 bridgehead atoms. The summed E-state index contributed by atoms with van der Waals surface area (Å²) in [6.07, 6.45) is 34.5. The van der Waals surface area contributed by atoms with Crippen LogP contribution in [0.25, 0.3) is 0 Å². The van der Waals surface area contributed by atoms with Crippen LogP contribution in [0.15, 0.2) is 24.3 Å². The van der Waals surface area contributed by atoms with Crippen molar-refractivity contribution < 1.29 is 0 Å². The van der Waals surface area contributed by atoms with Crippen LogP contribution in [0, 0.1) is 0 Å². The van der Waals surface area contributed by atoms with Gasteiger partial charge in [-0.15, -0.1) is 0 Å². The second kappa shape index (κ2) is 25.4. The summed E-state index contributed by atoms with van der Waals surface area (Å²) in [5.41, 5.74) is 0. The summed E-state index contributed by atoms with van der Waals surface area (Å²) in [6, 6.07) is 9.92. The van der Waals surface area contributed by atoms with E-state index in [1.54, 1.807) is 0 Å². The van der Waals surface area contributed by atoms with Crippen molar-refractivity contribution in [3.63, 3.8) is 0 Å². The van der Waals surface area contributed by atoms with Crippen molar-refractivity contribution in [1.29, 1.82) is 0 Å². The highest BCUT2D eigenvalue weighted by molar-refractivity contribution is 7.72. The minimum absolute atomic E-state index is 0.0167. The first-order chi connectivity index (χ1) is 17.8. The molecular weight excluding hydrogens is 470 g/mol. The minimum Gasteiger partial charge on any atom is -0.0746 e. The molecule has 0 fully saturated rings. The van der Waals surface area contributed by atoms with Gasteiger partial charge in [0.1, 0.15) is 0 Å². The molecule has 1 aromatic rings. The second-order valence-corrected chi connectivity index (χ2v) is 16.0. The fourth-order valence-corrected chi connectivity index (χ4v) is 11.4. The molecule has 1 rings (SSSR count). The van der Waals surface area contributed by atoms with Gasteiger partial charge in [0.2, 0.25) is 0 Å². The highest BCUT2D eigenvalue weighted by Crippen LogP contribution is 2.43. The van der Waals surface area contributed by atoms with Crippen LogP contribution in [0.4, 0.5) is 0 Å². The molecule has 0 nitrogen and oxygen atoms in total. The molecular formula is C34H64P2. The van der Waals surface area contributed by atoms with Crippen LogP contribution >= 0.6 is 15.8 Å². The average Bonchev–Trinajstić information content (AvgIpc) is 2.90. The van der Waals surface area contributed by atoms with E-state index in [-0.39, 0.29) is 15.8 Å². The summed E-state index contributed by atoms with van der Waals surface area (Å²) in [5, 5.41) is 3.68. The van der Waals surface area contributed by atoms with Crippen molar-refractivity contribution in [2.45, 2.75) is 156 Å². The monoisotopic (exact) mass is 534 g/mol. The Morgan fingerprint density at radius 2 is 0.611 bits per heavy atom. The molecule has 0 N–H and O–H groups in total.